The highest BCUT2D eigenvalue weighted by atomic mass is 16.7. The Hall–Kier alpha value is -0.610. The van der Waals surface area contributed by atoms with Crippen molar-refractivity contribution >= 4 is 5.91 Å². The predicted octanol–water partition coefficient (Wildman–Crippen LogP) is 0.976. The van der Waals surface area contributed by atoms with E-state index < -0.39 is 0 Å². The highest BCUT2D eigenvalue weighted by molar-refractivity contribution is 5.77. The van der Waals surface area contributed by atoms with Crippen LogP contribution in [0.3, 0.4) is 0 Å². The molecule has 1 aliphatic heterocycles. The lowest BCUT2D eigenvalue weighted by Gasteiger charge is -2.22. The van der Waals surface area contributed by atoms with E-state index in [0.717, 1.165) is 38.8 Å². The number of nitrogens with one attached hydrogen (secondary N) is 2. The van der Waals surface area contributed by atoms with Gasteiger partial charge in [0.1, 0.15) is 0 Å². The molecule has 2 N–H and O–H groups in total. The fourth-order valence-corrected chi connectivity index (χ4v) is 2.31. The van der Waals surface area contributed by atoms with Crippen LogP contribution in [0.15, 0.2) is 0 Å². The number of hydroxylamine groups is 1. The molecule has 1 atom stereocenters. The fraction of sp³-hybridized carbons (Fsp3) is 0.909. The van der Waals surface area contributed by atoms with Crippen molar-refractivity contribution in [2.75, 3.05) is 13.1 Å². The molecule has 0 bridgehead atoms. The van der Waals surface area contributed by atoms with Gasteiger partial charge in [0.05, 0.1) is 12.0 Å². The van der Waals surface area contributed by atoms with E-state index in [1.807, 2.05) is 0 Å². The summed E-state index contributed by atoms with van der Waals surface area (Å²) < 4.78 is 0. The lowest BCUT2D eigenvalue weighted by Crippen LogP contribution is -2.41. The summed E-state index contributed by atoms with van der Waals surface area (Å²) in [7, 11) is 0. The maximum atomic E-state index is 11.7. The third-order valence-corrected chi connectivity index (χ3v) is 3.30. The van der Waals surface area contributed by atoms with E-state index in [1.54, 1.807) is 0 Å². The third-order valence-electron chi connectivity index (χ3n) is 3.30. The molecule has 1 saturated carbocycles. The first-order chi connectivity index (χ1) is 7.36. The Bertz CT molecular complexity index is 209. The first kappa shape index (κ1) is 10.9. The number of rotatable bonds is 3. The van der Waals surface area contributed by atoms with Gasteiger partial charge in [-0.2, -0.15) is 0 Å². The maximum Gasteiger partial charge on any atom is 0.247 e. The molecule has 2 rings (SSSR count). The molecule has 15 heavy (non-hydrogen) atoms. The molecule has 1 amide bonds. The molecule has 1 saturated heterocycles. The van der Waals surface area contributed by atoms with Gasteiger partial charge in [0.15, 0.2) is 0 Å². The minimum Gasteiger partial charge on any atom is -0.316 e. The first-order valence-electron chi connectivity index (χ1n) is 6.02. The summed E-state index contributed by atoms with van der Waals surface area (Å²) in [5.41, 5.74) is 2.62. The first-order valence-corrected chi connectivity index (χ1v) is 6.02. The topological polar surface area (TPSA) is 50.4 Å². The van der Waals surface area contributed by atoms with Crippen LogP contribution in [-0.2, 0) is 9.63 Å². The van der Waals surface area contributed by atoms with Crippen molar-refractivity contribution in [2.45, 2.75) is 44.6 Å². The van der Waals surface area contributed by atoms with Crippen LogP contribution >= 0.6 is 0 Å². The van der Waals surface area contributed by atoms with Crippen LogP contribution in [0.5, 0.6) is 0 Å². The lowest BCUT2D eigenvalue weighted by molar-refractivity contribution is -0.142. The second kappa shape index (κ2) is 5.47. The Morgan fingerprint density at radius 2 is 2.00 bits per heavy atom. The largest absolute Gasteiger partial charge is 0.316 e. The number of carbonyl (C=O) groups is 1. The number of carbonyl (C=O) groups excluding carboxylic acids is 1. The van der Waals surface area contributed by atoms with E-state index in [2.05, 4.69) is 10.8 Å². The molecule has 1 aliphatic carbocycles. The third kappa shape index (κ3) is 3.18. The van der Waals surface area contributed by atoms with E-state index >= 15 is 0 Å². The number of hydrogen-bond donors (Lipinski definition) is 2. The Morgan fingerprint density at radius 3 is 2.67 bits per heavy atom. The zero-order valence-corrected chi connectivity index (χ0v) is 9.13. The Kier molecular flexibility index (Phi) is 3.97. The summed E-state index contributed by atoms with van der Waals surface area (Å²) >= 11 is 0. The number of amides is 1. The van der Waals surface area contributed by atoms with E-state index in [4.69, 9.17) is 4.84 Å². The van der Waals surface area contributed by atoms with Crippen LogP contribution in [0.1, 0.15) is 38.5 Å². The summed E-state index contributed by atoms with van der Waals surface area (Å²) in [6, 6.07) is 0. The zero-order valence-electron chi connectivity index (χ0n) is 9.13. The second-order valence-corrected chi connectivity index (χ2v) is 4.53. The van der Waals surface area contributed by atoms with Crippen molar-refractivity contribution < 1.29 is 9.63 Å². The van der Waals surface area contributed by atoms with Gasteiger partial charge < -0.3 is 5.32 Å². The van der Waals surface area contributed by atoms with Gasteiger partial charge in [-0.3, -0.25) is 9.63 Å². The minimum atomic E-state index is 0.0501. The van der Waals surface area contributed by atoms with Gasteiger partial charge in [-0.25, -0.2) is 5.48 Å². The molecular weight excluding hydrogens is 192 g/mol. The predicted molar refractivity (Wildman–Crippen MR) is 57.1 cm³/mol. The molecule has 0 spiro atoms. The molecule has 2 aliphatic rings. The molecule has 2 fully saturated rings. The molecule has 86 valence electrons. The van der Waals surface area contributed by atoms with E-state index in [1.165, 1.54) is 12.8 Å². The van der Waals surface area contributed by atoms with Gasteiger partial charge in [-0.05, 0) is 32.2 Å². The van der Waals surface area contributed by atoms with Crippen molar-refractivity contribution in [1.82, 2.24) is 10.8 Å². The van der Waals surface area contributed by atoms with E-state index in [0.29, 0.717) is 0 Å². The standard InChI is InChI=1S/C11H20N2O2/c14-11(9-4-3-7-12-8-9)13-15-10-5-1-2-6-10/h9-10,12H,1-8H2,(H,13,14)/t9-/m0/s1. The Morgan fingerprint density at radius 1 is 1.20 bits per heavy atom. The zero-order chi connectivity index (χ0) is 10.5. The Balaban J connectivity index is 1.66. The molecule has 0 radical (unpaired) electrons. The lowest BCUT2D eigenvalue weighted by atomic mass is 9.99. The minimum absolute atomic E-state index is 0.0501. The van der Waals surface area contributed by atoms with Gasteiger partial charge in [-0.1, -0.05) is 12.8 Å². The summed E-state index contributed by atoms with van der Waals surface area (Å²) in [4.78, 5) is 17.1. The van der Waals surface area contributed by atoms with Crippen LogP contribution in [0, 0.1) is 5.92 Å². The van der Waals surface area contributed by atoms with Gasteiger partial charge in [0.25, 0.3) is 0 Å². The van der Waals surface area contributed by atoms with E-state index in [9.17, 15) is 4.79 Å². The molecule has 0 aromatic carbocycles. The smallest absolute Gasteiger partial charge is 0.247 e. The molecular formula is C11H20N2O2. The van der Waals surface area contributed by atoms with Crippen molar-refractivity contribution in [1.29, 1.82) is 0 Å². The van der Waals surface area contributed by atoms with Crippen molar-refractivity contribution in [3.8, 4) is 0 Å². The van der Waals surface area contributed by atoms with Gasteiger partial charge in [0.2, 0.25) is 5.91 Å². The van der Waals surface area contributed by atoms with E-state index in [-0.39, 0.29) is 17.9 Å². The highest BCUT2D eigenvalue weighted by Crippen LogP contribution is 2.20. The summed E-state index contributed by atoms with van der Waals surface area (Å²) in [5, 5.41) is 3.23. The monoisotopic (exact) mass is 212 g/mol. The average Bonchev–Trinajstić information content (AvgIpc) is 2.80. The molecule has 4 nitrogen and oxygen atoms in total. The number of hydrogen-bond acceptors (Lipinski definition) is 3. The maximum absolute atomic E-state index is 11.7. The second-order valence-electron chi connectivity index (χ2n) is 4.53. The number of piperidine rings is 1. The van der Waals surface area contributed by atoms with Crippen LogP contribution < -0.4 is 10.8 Å². The normalized spacial score (nSPS) is 27.9. The SMILES string of the molecule is O=C(NOC1CCCC1)[C@H]1CCCNC1. The fourth-order valence-electron chi connectivity index (χ4n) is 2.31. The van der Waals surface area contributed by atoms with Gasteiger partial charge in [0, 0.05) is 6.54 Å². The highest BCUT2D eigenvalue weighted by Gasteiger charge is 2.23. The molecule has 4 heteroatoms. The van der Waals surface area contributed by atoms with Crippen LogP contribution in [0.25, 0.3) is 0 Å². The summed E-state index contributed by atoms with van der Waals surface area (Å²) in [6.45, 7) is 1.83. The van der Waals surface area contributed by atoms with Crippen molar-refractivity contribution in [3.63, 3.8) is 0 Å². The van der Waals surface area contributed by atoms with Gasteiger partial charge in [-0.15, -0.1) is 0 Å². The molecule has 0 aromatic rings. The van der Waals surface area contributed by atoms with Crippen molar-refractivity contribution in [3.05, 3.63) is 0 Å². The quantitative estimate of drug-likeness (QED) is 0.686. The van der Waals surface area contributed by atoms with Crippen LogP contribution in [-0.4, -0.2) is 25.1 Å². The summed E-state index contributed by atoms with van der Waals surface area (Å²) in [5.74, 6) is 0.147. The molecule has 1 heterocycles. The van der Waals surface area contributed by atoms with Crippen LogP contribution in [0.2, 0.25) is 0 Å². The molecule has 0 unspecified atom stereocenters. The summed E-state index contributed by atoms with van der Waals surface area (Å²) in [6.07, 6.45) is 6.95. The van der Waals surface area contributed by atoms with Gasteiger partial charge >= 0.3 is 0 Å². The van der Waals surface area contributed by atoms with Crippen molar-refractivity contribution in [2.24, 2.45) is 5.92 Å². The Labute approximate surface area is 90.7 Å². The average molecular weight is 212 g/mol. The molecule has 0 aromatic heterocycles. The van der Waals surface area contributed by atoms with Crippen LogP contribution in [0.4, 0.5) is 0 Å².